The Hall–Kier alpha value is -0.860. The molecule has 3 nitrogen and oxygen atoms in total. The van der Waals surface area contributed by atoms with E-state index in [4.69, 9.17) is 4.74 Å². The van der Waals surface area contributed by atoms with Gasteiger partial charge >= 0.3 is 11.9 Å². The molecule has 0 unspecified atom stereocenters. The van der Waals surface area contributed by atoms with E-state index in [2.05, 4.69) is 13.8 Å². The first-order valence-electron chi connectivity index (χ1n) is 14.9. The Labute approximate surface area is 207 Å². The lowest BCUT2D eigenvalue weighted by molar-refractivity contribution is -0.159. The summed E-state index contributed by atoms with van der Waals surface area (Å²) in [5.41, 5.74) is 0. The van der Waals surface area contributed by atoms with Gasteiger partial charge in [0.15, 0.2) is 0 Å². The second-order valence-electron chi connectivity index (χ2n) is 10.1. The average molecular weight is 467 g/mol. The molecule has 0 atom stereocenters. The van der Waals surface area contributed by atoms with Crippen molar-refractivity contribution >= 4 is 11.9 Å². The van der Waals surface area contributed by atoms with Crippen molar-refractivity contribution < 1.29 is 14.3 Å². The molecule has 0 aliphatic heterocycles. The molecule has 0 rings (SSSR count). The third-order valence-electron chi connectivity index (χ3n) is 6.70. The van der Waals surface area contributed by atoms with Crippen LogP contribution in [0.15, 0.2) is 0 Å². The van der Waals surface area contributed by atoms with Crippen LogP contribution in [-0.2, 0) is 14.3 Å². The van der Waals surface area contributed by atoms with Crippen molar-refractivity contribution in [2.24, 2.45) is 0 Å². The van der Waals surface area contributed by atoms with Crippen LogP contribution in [0.2, 0.25) is 0 Å². The van der Waals surface area contributed by atoms with Crippen molar-refractivity contribution in [2.45, 2.75) is 181 Å². The molecule has 0 aliphatic carbocycles. The van der Waals surface area contributed by atoms with Crippen LogP contribution in [0.1, 0.15) is 181 Å². The number of rotatable bonds is 26. The van der Waals surface area contributed by atoms with Crippen LogP contribution in [0.4, 0.5) is 0 Å². The molecule has 0 heterocycles. The van der Waals surface area contributed by atoms with E-state index in [1.807, 2.05) is 0 Å². The van der Waals surface area contributed by atoms with Gasteiger partial charge in [0, 0.05) is 12.8 Å². The maximum Gasteiger partial charge on any atom is 0.313 e. The first-order chi connectivity index (χ1) is 16.2. The third kappa shape index (κ3) is 27.3. The second-order valence-corrected chi connectivity index (χ2v) is 10.1. The fraction of sp³-hybridized carbons (Fsp3) is 0.933. The highest BCUT2D eigenvalue weighted by atomic mass is 16.6. The van der Waals surface area contributed by atoms with Crippen LogP contribution in [-0.4, -0.2) is 11.9 Å². The lowest BCUT2D eigenvalue weighted by Crippen LogP contribution is -2.11. The molecule has 0 bridgehead atoms. The molecule has 0 saturated heterocycles. The van der Waals surface area contributed by atoms with Gasteiger partial charge in [0.05, 0.1) is 0 Å². The van der Waals surface area contributed by atoms with Gasteiger partial charge in [-0.05, 0) is 12.8 Å². The maximum atomic E-state index is 11.8. The van der Waals surface area contributed by atoms with Crippen LogP contribution in [0.5, 0.6) is 0 Å². The molecular weight excluding hydrogens is 408 g/mol. The highest BCUT2D eigenvalue weighted by Gasteiger charge is 2.09. The van der Waals surface area contributed by atoms with E-state index in [0.29, 0.717) is 12.8 Å². The van der Waals surface area contributed by atoms with Gasteiger partial charge in [-0.1, -0.05) is 155 Å². The zero-order valence-corrected chi connectivity index (χ0v) is 22.6. The van der Waals surface area contributed by atoms with Gasteiger partial charge in [-0.25, -0.2) is 0 Å². The second kappa shape index (κ2) is 27.4. The number of carbonyl (C=O) groups excluding carboxylic acids is 2. The zero-order chi connectivity index (χ0) is 24.2. The van der Waals surface area contributed by atoms with Crippen molar-refractivity contribution in [1.29, 1.82) is 0 Å². The van der Waals surface area contributed by atoms with E-state index >= 15 is 0 Å². The van der Waals surface area contributed by atoms with Crippen molar-refractivity contribution in [2.75, 3.05) is 0 Å². The highest BCUT2D eigenvalue weighted by Crippen LogP contribution is 2.14. The van der Waals surface area contributed by atoms with Crippen LogP contribution in [0.3, 0.4) is 0 Å². The van der Waals surface area contributed by atoms with Crippen LogP contribution in [0, 0.1) is 0 Å². The smallest absolute Gasteiger partial charge is 0.313 e. The van der Waals surface area contributed by atoms with Gasteiger partial charge < -0.3 is 4.74 Å². The Morgan fingerprint density at radius 1 is 0.364 bits per heavy atom. The molecule has 0 spiro atoms. The Kier molecular flexibility index (Phi) is 26.7. The number of hydrogen-bond acceptors (Lipinski definition) is 3. The van der Waals surface area contributed by atoms with Crippen molar-refractivity contribution in [1.82, 2.24) is 0 Å². The summed E-state index contributed by atoms with van der Waals surface area (Å²) in [5.74, 6) is -0.658. The minimum absolute atomic E-state index is 0.328. The van der Waals surface area contributed by atoms with Gasteiger partial charge in [0.2, 0.25) is 0 Å². The summed E-state index contributed by atoms with van der Waals surface area (Å²) in [6, 6.07) is 0. The van der Waals surface area contributed by atoms with Gasteiger partial charge in [-0.2, -0.15) is 0 Å². The van der Waals surface area contributed by atoms with E-state index in [1.54, 1.807) is 0 Å². The predicted molar refractivity (Wildman–Crippen MR) is 142 cm³/mol. The number of unbranched alkanes of at least 4 members (excludes halogenated alkanes) is 22. The van der Waals surface area contributed by atoms with Gasteiger partial charge in [-0.3, -0.25) is 9.59 Å². The quantitative estimate of drug-likeness (QED) is 0.0723. The molecular formula is C30H58O3. The molecule has 0 radical (unpaired) electrons. The number of carbonyl (C=O) groups is 2. The van der Waals surface area contributed by atoms with Gasteiger partial charge in [0.25, 0.3) is 0 Å². The number of hydrogen-bond donors (Lipinski definition) is 0. The monoisotopic (exact) mass is 466 g/mol. The summed E-state index contributed by atoms with van der Waals surface area (Å²) in [4.78, 5) is 23.6. The summed E-state index contributed by atoms with van der Waals surface area (Å²) >= 11 is 0. The standard InChI is InChI=1S/C30H58O3/c1-3-5-7-9-11-13-14-15-16-17-18-20-22-24-26-28-30(32)33-29(31)27-25-23-21-19-12-10-8-6-4-2/h3-28H2,1-2H3. The lowest BCUT2D eigenvalue weighted by Gasteiger charge is -2.05. The van der Waals surface area contributed by atoms with Crippen molar-refractivity contribution in [3.8, 4) is 0 Å². The summed E-state index contributed by atoms with van der Waals surface area (Å²) < 4.78 is 4.96. The van der Waals surface area contributed by atoms with Crippen LogP contribution < -0.4 is 0 Å². The Morgan fingerprint density at radius 2 is 0.576 bits per heavy atom. The predicted octanol–water partition coefficient (Wildman–Crippen LogP) is 10.2. The Bertz CT molecular complexity index is 419. The van der Waals surface area contributed by atoms with E-state index in [9.17, 15) is 9.59 Å². The third-order valence-corrected chi connectivity index (χ3v) is 6.70. The lowest BCUT2D eigenvalue weighted by atomic mass is 10.0. The fourth-order valence-corrected chi connectivity index (χ4v) is 4.45. The fourth-order valence-electron chi connectivity index (χ4n) is 4.45. The molecule has 0 saturated carbocycles. The van der Waals surface area contributed by atoms with E-state index in [0.717, 1.165) is 25.7 Å². The van der Waals surface area contributed by atoms with Gasteiger partial charge in [0.1, 0.15) is 0 Å². The minimum atomic E-state index is -0.330. The molecule has 3 heteroatoms. The first-order valence-corrected chi connectivity index (χ1v) is 14.9. The van der Waals surface area contributed by atoms with Crippen LogP contribution >= 0.6 is 0 Å². The molecule has 33 heavy (non-hydrogen) atoms. The maximum absolute atomic E-state index is 11.8. The molecule has 196 valence electrons. The van der Waals surface area contributed by atoms with Crippen molar-refractivity contribution in [3.05, 3.63) is 0 Å². The average Bonchev–Trinajstić information content (AvgIpc) is 2.80. The molecule has 0 fully saturated rings. The SMILES string of the molecule is CCCCCCCCCCCCCCCCCC(=O)OC(=O)CCCCCCCCCCC. The molecule has 0 aromatic rings. The first kappa shape index (κ1) is 32.1. The highest BCUT2D eigenvalue weighted by molar-refractivity contribution is 5.85. The topological polar surface area (TPSA) is 43.4 Å². The molecule has 0 amide bonds. The minimum Gasteiger partial charge on any atom is -0.393 e. The molecule has 0 N–H and O–H groups in total. The molecule has 0 aromatic carbocycles. The Morgan fingerprint density at radius 3 is 0.818 bits per heavy atom. The largest absolute Gasteiger partial charge is 0.393 e. The van der Waals surface area contributed by atoms with Crippen LogP contribution in [0.25, 0.3) is 0 Å². The zero-order valence-electron chi connectivity index (χ0n) is 22.6. The summed E-state index contributed by atoms with van der Waals surface area (Å²) in [6.07, 6.45) is 31.4. The Balaban J connectivity index is 3.28. The summed E-state index contributed by atoms with van der Waals surface area (Å²) in [7, 11) is 0. The molecule has 0 aliphatic rings. The number of ether oxygens (including phenoxy) is 1. The van der Waals surface area contributed by atoms with Crippen molar-refractivity contribution in [3.63, 3.8) is 0 Å². The summed E-state index contributed by atoms with van der Waals surface area (Å²) in [6.45, 7) is 4.51. The normalized spacial score (nSPS) is 11.1. The number of esters is 2. The van der Waals surface area contributed by atoms with E-state index in [1.165, 1.54) is 128 Å². The molecule has 0 aromatic heterocycles. The van der Waals surface area contributed by atoms with E-state index < -0.39 is 0 Å². The summed E-state index contributed by atoms with van der Waals surface area (Å²) in [5, 5.41) is 0. The van der Waals surface area contributed by atoms with Gasteiger partial charge in [-0.15, -0.1) is 0 Å². The van der Waals surface area contributed by atoms with E-state index in [-0.39, 0.29) is 11.9 Å².